The number of rotatable bonds is 4. The molecule has 1 aliphatic rings. The van der Waals surface area contributed by atoms with Gasteiger partial charge in [0.1, 0.15) is 0 Å². The molecule has 0 bridgehead atoms. The van der Waals surface area contributed by atoms with Crippen LogP contribution in [-0.2, 0) is 15.7 Å². The van der Waals surface area contributed by atoms with Crippen LogP contribution in [0.5, 0.6) is 0 Å². The molecule has 132 valence electrons. The van der Waals surface area contributed by atoms with E-state index in [9.17, 15) is 22.8 Å². The lowest BCUT2D eigenvalue weighted by molar-refractivity contribution is -0.138. The molecule has 0 aliphatic heterocycles. The zero-order valence-corrected chi connectivity index (χ0v) is 13.4. The third-order valence-electron chi connectivity index (χ3n) is 4.24. The second-order valence-electron chi connectivity index (χ2n) is 6.06. The first-order valence-corrected chi connectivity index (χ1v) is 7.91. The first-order valence-electron chi connectivity index (χ1n) is 7.91. The average molecular weight is 343 g/mol. The first-order chi connectivity index (χ1) is 11.3. The monoisotopic (exact) mass is 343 g/mol. The van der Waals surface area contributed by atoms with E-state index in [1.165, 1.54) is 12.1 Å². The lowest BCUT2D eigenvalue weighted by atomic mass is 9.86. The van der Waals surface area contributed by atoms with Crippen molar-refractivity contribution in [3.05, 3.63) is 35.4 Å². The van der Waals surface area contributed by atoms with E-state index in [1.807, 2.05) is 6.92 Å². The molecule has 7 heteroatoms. The van der Waals surface area contributed by atoms with Crippen LogP contribution in [0.15, 0.2) is 24.3 Å². The van der Waals surface area contributed by atoms with Crippen molar-refractivity contribution in [1.82, 2.24) is 5.32 Å². The van der Waals surface area contributed by atoms with Gasteiger partial charge in [-0.25, -0.2) is 4.79 Å². The second kappa shape index (κ2) is 7.68. The molecule has 1 saturated carbocycles. The molecule has 1 aromatic carbocycles. The van der Waals surface area contributed by atoms with Gasteiger partial charge in [0.2, 0.25) is 0 Å². The molecule has 0 spiro atoms. The summed E-state index contributed by atoms with van der Waals surface area (Å²) in [5.74, 6) is -1.31. The van der Waals surface area contributed by atoms with Crippen LogP contribution in [0.3, 0.4) is 0 Å². The number of carbonyl (C=O) groups is 2. The Balaban J connectivity index is 1.92. The van der Waals surface area contributed by atoms with Crippen molar-refractivity contribution >= 4 is 11.9 Å². The van der Waals surface area contributed by atoms with Crippen LogP contribution < -0.4 is 5.32 Å². The molecule has 0 aromatic heterocycles. The van der Waals surface area contributed by atoms with E-state index in [2.05, 4.69) is 5.32 Å². The highest BCUT2D eigenvalue weighted by Gasteiger charge is 2.35. The number of benzene rings is 1. The van der Waals surface area contributed by atoms with Crippen molar-refractivity contribution in [2.24, 2.45) is 5.92 Å². The minimum atomic E-state index is -4.66. The Morgan fingerprint density at radius 3 is 2.54 bits per heavy atom. The molecule has 1 N–H and O–H groups in total. The highest BCUT2D eigenvalue weighted by atomic mass is 19.4. The number of hydrogen-bond donors (Lipinski definition) is 1. The summed E-state index contributed by atoms with van der Waals surface area (Å²) in [5, 5.41) is 2.78. The molecule has 2 atom stereocenters. The molecule has 1 aliphatic carbocycles. The average Bonchev–Trinajstić information content (AvgIpc) is 2.54. The second-order valence-corrected chi connectivity index (χ2v) is 6.06. The Morgan fingerprint density at radius 2 is 1.88 bits per heavy atom. The van der Waals surface area contributed by atoms with Gasteiger partial charge in [0.15, 0.2) is 6.61 Å². The van der Waals surface area contributed by atoms with E-state index in [4.69, 9.17) is 4.74 Å². The van der Waals surface area contributed by atoms with E-state index in [0.29, 0.717) is 5.92 Å². The molecule has 4 nitrogen and oxygen atoms in total. The summed E-state index contributed by atoms with van der Waals surface area (Å²) in [4.78, 5) is 23.7. The predicted molar refractivity (Wildman–Crippen MR) is 81.3 cm³/mol. The number of nitrogens with one attached hydrogen (secondary N) is 1. The largest absolute Gasteiger partial charge is 0.452 e. The number of halogens is 3. The highest BCUT2D eigenvalue weighted by Crippen LogP contribution is 2.32. The quantitative estimate of drug-likeness (QED) is 0.851. The smallest absolute Gasteiger partial charge is 0.417 e. The number of carbonyl (C=O) groups excluding carboxylic acids is 2. The zero-order chi connectivity index (χ0) is 17.7. The van der Waals surface area contributed by atoms with Gasteiger partial charge in [-0.2, -0.15) is 13.2 Å². The zero-order valence-electron chi connectivity index (χ0n) is 13.4. The summed E-state index contributed by atoms with van der Waals surface area (Å²) in [6, 6.07) is 4.37. The van der Waals surface area contributed by atoms with Gasteiger partial charge in [0, 0.05) is 6.04 Å². The lowest BCUT2D eigenvalue weighted by Crippen LogP contribution is -2.42. The first kappa shape index (κ1) is 18.3. The van der Waals surface area contributed by atoms with Crippen molar-refractivity contribution in [2.45, 2.75) is 44.8 Å². The fourth-order valence-electron chi connectivity index (χ4n) is 2.90. The van der Waals surface area contributed by atoms with Gasteiger partial charge in [-0.05, 0) is 30.9 Å². The van der Waals surface area contributed by atoms with Crippen molar-refractivity contribution < 1.29 is 27.5 Å². The predicted octanol–water partition coefficient (Wildman–Crippen LogP) is 3.56. The third kappa shape index (κ3) is 4.72. The normalized spacial score (nSPS) is 21.2. The SMILES string of the molecule is CC1CCCCC1NC(=O)COC(=O)c1ccccc1C(F)(F)F. The van der Waals surface area contributed by atoms with E-state index in [1.54, 1.807) is 0 Å². The Kier molecular flexibility index (Phi) is 5.85. The maximum Gasteiger partial charge on any atom is 0.417 e. The summed E-state index contributed by atoms with van der Waals surface area (Å²) in [6.45, 7) is 1.45. The van der Waals surface area contributed by atoms with E-state index >= 15 is 0 Å². The maximum atomic E-state index is 12.9. The fraction of sp³-hybridized carbons (Fsp3) is 0.529. The van der Waals surface area contributed by atoms with Crippen LogP contribution in [0, 0.1) is 5.92 Å². The number of ether oxygens (including phenoxy) is 1. The Morgan fingerprint density at radius 1 is 1.21 bits per heavy atom. The number of hydrogen-bond acceptors (Lipinski definition) is 3. The molecule has 2 rings (SSSR count). The van der Waals surface area contributed by atoms with Crippen molar-refractivity contribution in [3.63, 3.8) is 0 Å². The van der Waals surface area contributed by atoms with Gasteiger partial charge in [-0.3, -0.25) is 4.79 Å². The van der Waals surface area contributed by atoms with Crippen LogP contribution in [-0.4, -0.2) is 24.5 Å². The van der Waals surface area contributed by atoms with Crippen LogP contribution in [0.1, 0.15) is 48.5 Å². The van der Waals surface area contributed by atoms with Crippen LogP contribution in [0.25, 0.3) is 0 Å². The van der Waals surface area contributed by atoms with Gasteiger partial charge >= 0.3 is 12.1 Å². The molecule has 0 heterocycles. The number of amides is 1. The Bertz CT molecular complexity index is 601. The topological polar surface area (TPSA) is 55.4 Å². The Hall–Kier alpha value is -2.05. The van der Waals surface area contributed by atoms with E-state index in [-0.39, 0.29) is 6.04 Å². The van der Waals surface area contributed by atoms with E-state index < -0.39 is 35.8 Å². The third-order valence-corrected chi connectivity index (χ3v) is 4.24. The molecule has 24 heavy (non-hydrogen) atoms. The van der Waals surface area contributed by atoms with Gasteiger partial charge in [0.25, 0.3) is 5.91 Å². The number of alkyl halides is 3. The van der Waals surface area contributed by atoms with Crippen LogP contribution in [0.4, 0.5) is 13.2 Å². The van der Waals surface area contributed by atoms with Gasteiger partial charge in [0.05, 0.1) is 11.1 Å². The standard InChI is InChI=1S/C17H20F3NO3/c1-11-6-2-5-9-14(11)21-15(22)10-24-16(23)12-7-3-4-8-13(12)17(18,19)20/h3-4,7-8,11,14H,2,5-6,9-10H2,1H3,(H,21,22). The lowest BCUT2D eigenvalue weighted by Gasteiger charge is -2.29. The van der Waals surface area contributed by atoms with Crippen molar-refractivity contribution in [1.29, 1.82) is 0 Å². The van der Waals surface area contributed by atoms with Gasteiger partial charge in [-0.15, -0.1) is 0 Å². The molecule has 2 unspecified atom stereocenters. The molecule has 0 saturated heterocycles. The molecular formula is C17H20F3NO3. The van der Waals surface area contributed by atoms with Crippen molar-refractivity contribution in [3.8, 4) is 0 Å². The van der Waals surface area contributed by atoms with Crippen LogP contribution in [0.2, 0.25) is 0 Å². The van der Waals surface area contributed by atoms with Gasteiger partial charge < -0.3 is 10.1 Å². The fourth-order valence-corrected chi connectivity index (χ4v) is 2.90. The summed E-state index contributed by atoms with van der Waals surface area (Å²) in [7, 11) is 0. The minimum Gasteiger partial charge on any atom is -0.452 e. The molecule has 1 fully saturated rings. The van der Waals surface area contributed by atoms with Crippen LogP contribution >= 0.6 is 0 Å². The maximum absolute atomic E-state index is 12.9. The minimum absolute atomic E-state index is 0.0208. The molecule has 0 radical (unpaired) electrons. The molecule has 1 aromatic rings. The summed E-state index contributed by atoms with van der Waals surface area (Å²) in [6.07, 6.45) is -0.637. The van der Waals surface area contributed by atoms with Gasteiger partial charge in [-0.1, -0.05) is 31.9 Å². The van der Waals surface area contributed by atoms with Crippen molar-refractivity contribution in [2.75, 3.05) is 6.61 Å². The van der Waals surface area contributed by atoms with E-state index in [0.717, 1.165) is 37.8 Å². The summed E-state index contributed by atoms with van der Waals surface area (Å²) < 4.78 is 43.4. The molecular weight excluding hydrogens is 323 g/mol. The summed E-state index contributed by atoms with van der Waals surface area (Å²) in [5.41, 5.74) is -1.67. The number of esters is 1. The Labute approximate surface area is 138 Å². The summed E-state index contributed by atoms with van der Waals surface area (Å²) >= 11 is 0. The molecule has 1 amide bonds. The highest BCUT2D eigenvalue weighted by molar-refractivity contribution is 5.93.